The maximum atomic E-state index is 11.8. The minimum atomic E-state index is -3.87. The van der Waals surface area contributed by atoms with Gasteiger partial charge in [0.2, 0.25) is 5.78 Å². The summed E-state index contributed by atoms with van der Waals surface area (Å²) in [7, 11) is 0. The molecule has 0 bridgehead atoms. The summed E-state index contributed by atoms with van der Waals surface area (Å²) < 4.78 is 0. The molecule has 0 radical (unpaired) electrons. The molecule has 0 aliphatic carbocycles. The van der Waals surface area contributed by atoms with Gasteiger partial charge in [-0.1, -0.05) is 30.3 Å². The number of carbonyl (C=O) groups is 2. The molecule has 0 aliphatic rings. The molecule has 0 fully saturated rings. The van der Waals surface area contributed by atoms with Crippen LogP contribution in [0.5, 0.6) is 0 Å². The molecule has 7 heteroatoms. The van der Waals surface area contributed by atoms with Gasteiger partial charge in [0.25, 0.3) is 5.54 Å². The Hall–Kier alpha value is -1.80. The zero-order valence-corrected chi connectivity index (χ0v) is 8.57. The van der Waals surface area contributed by atoms with Crippen molar-refractivity contribution < 1.29 is 30.0 Å². The third-order valence-electron chi connectivity index (χ3n) is 2.26. The number of carboxylic acids is 1. The Morgan fingerprint density at radius 1 is 1.06 bits per heavy atom. The smallest absolute Gasteiger partial charge is 0.340 e. The molecular formula is C10H11NO6. The average Bonchev–Trinajstić information content (AvgIpc) is 2.26. The quantitative estimate of drug-likeness (QED) is 0.240. The normalized spacial score (nSPS) is 15.1. The minimum Gasteiger partial charge on any atom is -0.479 e. The van der Waals surface area contributed by atoms with E-state index in [9.17, 15) is 9.59 Å². The summed E-state index contributed by atoms with van der Waals surface area (Å²) in [5.41, 5.74) is 1.67. The number of carboxylic acid groups (broad SMARTS) is 1. The Morgan fingerprint density at radius 2 is 1.53 bits per heavy atom. The summed E-state index contributed by atoms with van der Waals surface area (Å²) in [6.07, 6.45) is 0. The van der Waals surface area contributed by atoms with Crippen molar-refractivity contribution in [1.29, 1.82) is 0 Å². The van der Waals surface area contributed by atoms with Crippen molar-refractivity contribution in [2.24, 2.45) is 5.73 Å². The van der Waals surface area contributed by atoms with E-state index >= 15 is 0 Å². The lowest BCUT2D eigenvalue weighted by Crippen LogP contribution is -2.70. The third-order valence-corrected chi connectivity index (χ3v) is 2.26. The van der Waals surface area contributed by atoms with Crippen LogP contribution in [0.4, 0.5) is 0 Å². The first-order valence-corrected chi connectivity index (χ1v) is 4.50. The number of Topliss-reactive ketones (excluding diaryl/α,β-unsaturated/α-hetero) is 1. The van der Waals surface area contributed by atoms with Crippen LogP contribution in [0.3, 0.4) is 0 Å². The van der Waals surface area contributed by atoms with E-state index in [1.807, 2.05) is 0 Å². The molecule has 17 heavy (non-hydrogen) atoms. The first kappa shape index (κ1) is 13.3. The van der Waals surface area contributed by atoms with Crippen LogP contribution in [0, 0.1) is 0 Å². The topological polar surface area (TPSA) is 141 Å². The van der Waals surface area contributed by atoms with E-state index in [0.29, 0.717) is 0 Å². The van der Waals surface area contributed by atoms with Crippen LogP contribution in [0.15, 0.2) is 30.3 Å². The molecule has 0 saturated carbocycles. The second-order valence-corrected chi connectivity index (χ2v) is 3.44. The second-order valence-electron chi connectivity index (χ2n) is 3.44. The fourth-order valence-corrected chi connectivity index (χ4v) is 1.21. The van der Waals surface area contributed by atoms with Gasteiger partial charge in [-0.05, 0) is 0 Å². The molecule has 1 aromatic rings. The molecule has 0 amide bonds. The Kier molecular flexibility index (Phi) is 3.30. The SMILES string of the molecule is NC(C(=O)O)(C(=O)c1ccccc1)C(O)(O)O. The highest BCUT2D eigenvalue weighted by molar-refractivity contribution is 6.16. The van der Waals surface area contributed by atoms with Crippen molar-refractivity contribution in [2.75, 3.05) is 0 Å². The maximum absolute atomic E-state index is 11.8. The lowest BCUT2D eigenvalue weighted by Gasteiger charge is -2.30. The first-order valence-electron chi connectivity index (χ1n) is 4.50. The number of ketones is 1. The summed E-state index contributed by atoms with van der Waals surface area (Å²) in [5.74, 6) is -7.25. The monoisotopic (exact) mass is 241 g/mol. The van der Waals surface area contributed by atoms with Crippen molar-refractivity contribution in [1.82, 2.24) is 0 Å². The van der Waals surface area contributed by atoms with Crippen molar-refractivity contribution in [2.45, 2.75) is 11.5 Å². The molecule has 7 nitrogen and oxygen atoms in total. The maximum Gasteiger partial charge on any atom is 0.340 e. The highest BCUT2D eigenvalue weighted by atomic mass is 16.7. The molecule has 0 spiro atoms. The predicted molar refractivity (Wildman–Crippen MR) is 54.7 cm³/mol. The summed E-state index contributed by atoms with van der Waals surface area (Å²) >= 11 is 0. The van der Waals surface area contributed by atoms with Gasteiger partial charge in [-0.25, -0.2) is 4.79 Å². The standard InChI is InChI=1S/C10H11NO6/c11-9(8(13)14,10(15,16)17)7(12)6-4-2-1-3-5-6/h1-5,15-17H,11H2,(H,13,14). The van der Waals surface area contributed by atoms with E-state index in [0.717, 1.165) is 0 Å². The van der Waals surface area contributed by atoms with Gasteiger partial charge in [0.1, 0.15) is 0 Å². The summed E-state index contributed by atoms with van der Waals surface area (Å²) in [5, 5.41) is 35.5. The van der Waals surface area contributed by atoms with Gasteiger partial charge in [0.05, 0.1) is 0 Å². The van der Waals surface area contributed by atoms with Gasteiger partial charge < -0.3 is 26.2 Å². The van der Waals surface area contributed by atoms with Crippen LogP contribution < -0.4 is 5.73 Å². The Labute approximate surface area is 95.7 Å². The molecule has 1 unspecified atom stereocenters. The third kappa shape index (κ3) is 2.17. The van der Waals surface area contributed by atoms with E-state index in [-0.39, 0.29) is 5.56 Å². The zero-order valence-electron chi connectivity index (χ0n) is 8.57. The van der Waals surface area contributed by atoms with Crippen LogP contribution in [0.1, 0.15) is 10.4 Å². The number of aliphatic carboxylic acids is 1. The highest BCUT2D eigenvalue weighted by Gasteiger charge is 2.59. The van der Waals surface area contributed by atoms with Crippen molar-refractivity contribution in [3.05, 3.63) is 35.9 Å². The molecule has 0 aliphatic heterocycles. The highest BCUT2D eigenvalue weighted by Crippen LogP contribution is 2.20. The van der Waals surface area contributed by atoms with Crippen LogP contribution in [-0.4, -0.2) is 43.7 Å². The molecule has 1 aromatic carbocycles. The average molecular weight is 241 g/mol. The number of aliphatic hydroxyl groups is 3. The molecule has 0 aromatic heterocycles. The van der Waals surface area contributed by atoms with Gasteiger partial charge in [0, 0.05) is 5.56 Å². The Balaban J connectivity index is 3.28. The molecule has 1 atom stereocenters. The molecule has 1 rings (SSSR count). The fourth-order valence-electron chi connectivity index (χ4n) is 1.21. The zero-order chi connectivity index (χ0) is 13.3. The molecular weight excluding hydrogens is 230 g/mol. The van der Waals surface area contributed by atoms with Crippen molar-refractivity contribution >= 4 is 11.8 Å². The largest absolute Gasteiger partial charge is 0.479 e. The fraction of sp³-hybridized carbons (Fsp3) is 0.200. The lowest BCUT2D eigenvalue weighted by molar-refractivity contribution is -0.332. The number of benzene rings is 1. The van der Waals surface area contributed by atoms with E-state index in [1.165, 1.54) is 24.3 Å². The molecule has 0 saturated heterocycles. The van der Waals surface area contributed by atoms with Crippen LogP contribution in [0.25, 0.3) is 0 Å². The Bertz CT molecular complexity index is 438. The second kappa shape index (κ2) is 4.22. The number of nitrogens with two attached hydrogens (primary N) is 1. The summed E-state index contributed by atoms with van der Waals surface area (Å²) in [6.45, 7) is 0. The van der Waals surface area contributed by atoms with Gasteiger partial charge >= 0.3 is 11.9 Å². The van der Waals surface area contributed by atoms with E-state index in [2.05, 4.69) is 0 Å². The number of hydrogen-bond donors (Lipinski definition) is 5. The van der Waals surface area contributed by atoms with Gasteiger partial charge in [0.15, 0.2) is 0 Å². The van der Waals surface area contributed by atoms with Crippen molar-refractivity contribution in [3.8, 4) is 0 Å². The van der Waals surface area contributed by atoms with Crippen molar-refractivity contribution in [3.63, 3.8) is 0 Å². The first-order chi connectivity index (χ1) is 7.71. The van der Waals surface area contributed by atoms with Crippen LogP contribution in [-0.2, 0) is 4.79 Å². The van der Waals surface area contributed by atoms with Gasteiger partial charge in [-0.3, -0.25) is 4.79 Å². The van der Waals surface area contributed by atoms with E-state index in [4.69, 9.17) is 26.2 Å². The van der Waals surface area contributed by atoms with Crippen LogP contribution >= 0.6 is 0 Å². The predicted octanol–water partition coefficient (Wildman–Crippen LogP) is -1.72. The number of hydrogen-bond acceptors (Lipinski definition) is 6. The lowest BCUT2D eigenvalue weighted by atomic mass is 9.88. The summed E-state index contributed by atoms with van der Waals surface area (Å²) in [6, 6.07) is 6.91. The minimum absolute atomic E-state index is 0.168. The molecule has 92 valence electrons. The van der Waals surface area contributed by atoms with E-state index < -0.39 is 23.3 Å². The van der Waals surface area contributed by atoms with Gasteiger partial charge in [-0.15, -0.1) is 0 Å². The molecule has 0 heterocycles. The van der Waals surface area contributed by atoms with E-state index in [1.54, 1.807) is 6.07 Å². The molecule has 6 N–H and O–H groups in total. The number of carbonyl (C=O) groups excluding carboxylic acids is 1. The number of rotatable bonds is 4. The van der Waals surface area contributed by atoms with Crippen LogP contribution in [0.2, 0.25) is 0 Å². The summed E-state index contributed by atoms with van der Waals surface area (Å²) in [4.78, 5) is 22.6. The Morgan fingerprint density at radius 3 is 1.88 bits per heavy atom. The van der Waals surface area contributed by atoms with Gasteiger partial charge in [-0.2, -0.15) is 0 Å².